The van der Waals surface area contributed by atoms with Crippen molar-refractivity contribution >= 4 is 16.9 Å². The maximum Gasteiger partial charge on any atom is 0.303 e. The number of carbonyl (C=O) groups is 1. The number of morpholine rings is 1. The number of benzene rings is 2. The lowest BCUT2D eigenvalue weighted by molar-refractivity contribution is -0.141. The van der Waals surface area contributed by atoms with Crippen molar-refractivity contribution in [2.75, 3.05) is 53.0 Å². The first-order valence-corrected chi connectivity index (χ1v) is 15.1. The van der Waals surface area contributed by atoms with E-state index in [0.717, 1.165) is 18.7 Å². The van der Waals surface area contributed by atoms with Gasteiger partial charge in [0.25, 0.3) is 0 Å². The summed E-state index contributed by atoms with van der Waals surface area (Å²) >= 11 is 0. The van der Waals surface area contributed by atoms with Crippen LogP contribution in [-0.4, -0.2) is 78.9 Å². The summed E-state index contributed by atoms with van der Waals surface area (Å²) in [6.07, 6.45) is 1.84. The second-order valence-electron chi connectivity index (χ2n) is 11.9. The first kappa shape index (κ1) is 32.7. The number of rotatable bonds is 10. The summed E-state index contributed by atoms with van der Waals surface area (Å²) in [6, 6.07) is 6.59. The van der Waals surface area contributed by atoms with E-state index in [1.54, 1.807) is 19.4 Å². The molecule has 7 nitrogen and oxygen atoms in total. The zero-order chi connectivity index (χ0) is 32.0. The molecule has 0 spiro atoms. The first-order valence-electron chi connectivity index (χ1n) is 15.1. The van der Waals surface area contributed by atoms with E-state index in [9.17, 15) is 23.1 Å². The number of pyridine rings is 1. The normalized spacial score (nSPS) is 17.9. The molecule has 1 N–H and O–H groups in total. The van der Waals surface area contributed by atoms with Gasteiger partial charge in [0, 0.05) is 48.9 Å². The van der Waals surface area contributed by atoms with Gasteiger partial charge in [0.15, 0.2) is 0 Å². The Kier molecular flexibility index (Phi) is 10.6. The van der Waals surface area contributed by atoms with Crippen LogP contribution in [0.25, 0.3) is 10.9 Å². The van der Waals surface area contributed by atoms with Crippen LogP contribution in [-0.2, 0) is 16.1 Å². The largest absolute Gasteiger partial charge is 0.497 e. The van der Waals surface area contributed by atoms with Crippen molar-refractivity contribution in [2.45, 2.75) is 44.8 Å². The quantitative estimate of drug-likeness (QED) is 0.222. The predicted molar refractivity (Wildman–Crippen MR) is 161 cm³/mol. The van der Waals surface area contributed by atoms with Crippen LogP contribution in [0.5, 0.6) is 5.75 Å². The molecule has 0 amide bonds. The molecule has 0 saturated carbocycles. The minimum absolute atomic E-state index is 0.0865. The second-order valence-corrected chi connectivity index (χ2v) is 11.9. The lowest BCUT2D eigenvalue weighted by atomic mass is 9.71. The van der Waals surface area contributed by atoms with Crippen LogP contribution in [0.4, 0.5) is 17.6 Å². The van der Waals surface area contributed by atoms with Gasteiger partial charge in [-0.3, -0.25) is 19.6 Å². The van der Waals surface area contributed by atoms with Crippen LogP contribution < -0.4 is 4.74 Å². The van der Waals surface area contributed by atoms with Crippen molar-refractivity contribution in [3.63, 3.8) is 0 Å². The number of carboxylic acids is 1. The molecule has 2 aliphatic rings. The van der Waals surface area contributed by atoms with Crippen molar-refractivity contribution in [1.82, 2.24) is 14.8 Å². The summed E-state index contributed by atoms with van der Waals surface area (Å²) in [4.78, 5) is 20.7. The average molecular weight is 628 g/mol. The highest BCUT2D eigenvalue weighted by Crippen LogP contribution is 2.43. The molecule has 1 atom stereocenters. The van der Waals surface area contributed by atoms with Gasteiger partial charge in [0.1, 0.15) is 29.4 Å². The number of aromatic nitrogens is 1. The minimum Gasteiger partial charge on any atom is -0.497 e. The Hall–Kier alpha value is -3.72. The number of halogens is 4. The molecule has 0 bridgehead atoms. The molecule has 2 saturated heterocycles. The number of likely N-dealkylation sites (tertiary alicyclic amines) is 1. The molecule has 5 rings (SSSR count). The van der Waals surface area contributed by atoms with E-state index in [-0.39, 0.29) is 19.4 Å². The highest BCUT2D eigenvalue weighted by atomic mass is 19.1. The maximum atomic E-state index is 16.5. The Morgan fingerprint density at radius 1 is 1.09 bits per heavy atom. The van der Waals surface area contributed by atoms with E-state index in [1.165, 1.54) is 0 Å². The third-order valence-corrected chi connectivity index (χ3v) is 8.90. The monoisotopic (exact) mass is 627 g/mol. The summed E-state index contributed by atoms with van der Waals surface area (Å²) in [7, 11) is 1.56. The molecule has 3 aromatic rings. The Morgan fingerprint density at radius 2 is 1.80 bits per heavy atom. The standard InChI is InChI=1S/C34H37F4N3O4/c1-44-25-4-5-31-27(19-25)33(23(21-39-31)22-41-13-15-45-16-14-41)28(36)6-7-34(20-32(42)43)8-11-40(12-9-34)10-2-3-26-29(37)17-24(35)18-30(26)38/h4-5,17-19,21,28H,6-16,20,22H2,1H3,(H,42,43). The van der Waals surface area contributed by atoms with Gasteiger partial charge in [-0.1, -0.05) is 11.8 Å². The summed E-state index contributed by atoms with van der Waals surface area (Å²) < 4.78 is 68.5. The van der Waals surface area contributed by atoms with Crippen LogP contribution >= 0.6 is 0 Å². The average Bonchev–Trinajstić information content (AvgIpc) is 3.02. The topological polar surface area (TPSA) is 75.1 Å². The molecular weight excluding hydrogens is 590 g/mol. The zero-order valence-corrected chi connectivity index (χ0v) is 25.3. The van der Waals surface area contributed by atoms with Crippen LogP contribution in [0.15, 0.2) is 36.5 Å². The Balaban J connectivity index is 1.30. The van der Waals surface area contributed by atoms with E-state index in [2.05, 4.69) is 21.7 Å². The smallest absolute Gasteiger partial charge is 0.303 e. The lowest BCUT2D eigenvalue weighted by Crippen LogP contribution is -2.41. The van der Waals surface area contributed by atoms with Gasteiger partial charge in [-0.15, -0.1) is 0 Å². The van der Waals surface area contributed by atoms with Gasteiger partial charge in [-0.25, -0.2) is 17.6 Å². The fourth-order valence-corrected chi connectivity index (χ4v) is 6.36. The number of hydrogen-bond acceptors (Lipinski definition) is 6. The van der Waals surface area contributed by atoms with Gasteiger partial charge < -0.3 is 14.6 Å². The summed E-state index contributed by atoms with van der Waals surface area (Å²) in [5, 5.41) is 10.5. The van der Waals surface area contributed by atoms with Crippen molar-refractivity contribution < 1.29 is 36.9 Å². The fraction of sp³-hybridized carbons (Fsp3) is 0.471. The van der Waals surface area contributed by atoms with Crippen LogP contribution in [0.3, 0.4) is 0 Å². The Bertz CT molecular complexity index is 1550. The number of fused-ring (bicyclic) bond motifs is 1. The SMILES string of the molecule is COc1ccc2ncc(CN3CCOCC3)c(C(F)CCC3(CC(=O)O)CCN(CC#Cc4c(F)cc(F)cc4F)CC3)c2c1. The number of carboxylic acid groups (broad SMARTS) is 1. The number of ether oxygens (including phenoxy) is 2. The van der Waals surface area contributed by atoms with Crippen molar-refractivity contribution in [1.29, 1.82) is 0 Å². The lowest BCUT2D eigenvalue weighted by Gasteiger charge is -2.41. The highest BCUT2D eigenvalue weighted by Gasteiger charge is 2.37. The summed E-state index contributed by atoms with van der Waals surface area (Å²) in [5.74, 6) is 1.72. The number of piperidine rings is 1. The van der Waals surface area contributed by atoms with E-state index >= 15 is 4.39 Å². The fourth-order valence-electron chi connectivity index (χ4n) is 6.36. The van der Waals surface area contributed by atoms with Crippen LogP contribution in [0.2, 0.25) is 0 Å². The zero-order valence-electron chi connectivity index (χ0n) is 25.3. The summed E-state index contributed by atoms with van der Waals surface area (Å²) in [5.41, 5.74) is 0.912. The molecule has 0 radical (unpaired) electrons. The third-order valence-electron chi connectivity index (χ3n) is 8.90. The van der Waals surface area contributed by atoms with Crippen LogP contribution in [0, 0.1) is 34.7 Å². The van der Waals surface area contributed by atoms with Crippen molar-refractivity contribution in [3.05, 3.63) is 70.7 Å². The van der Waals surface area contributed by atoms with E-state index in [4.69, 9.17) is 9.47 Å². The molecule has 0 aliphatic carbocycles. The Morgan fingerprint density at radius 3 is 2.47 bits per heavy atom. The number of hydrogen-bond donors (Lipinski definition) is 1. The molecule has 2 aromatic carbocycles. The van der Waals surface area contributed by atoms with Gasteiger partial charge in [-0.05, 0) is 68.0 Å². The number of methoxy groups -OCH3 is 1. The van der Waals surface area contributed by atoms with E-state index in [0.29, 0.717) is 86.5 Å². The minimum atomic E-state index is -1.35. The van der Waals surface area contributed by atoms with E-state index < -0.39 is 40.6 Å². The molecular formula is C34H37F4N3O4. The third kappa shape index (κ3) is 8.12. The van der Waals surface area contributed by atoms with Gasteiger partial charge in [0.05, 0.1) is 44.4 Å². The molecule has 1 unspecified atom stereocenters. The predicted octanol–water partition coefficient (Wildman–Crippen LogP) is 5.89. The molecule has 2 aliphatic heterocycles. The highest BCUT2D eigenvalue weighted by molar-refractivity contribution is 5.85. The number of alkyl halides is 1. The Labute approximate surface area is 260 Å². The molecule has 2 fully saturated rings. The van der Waals surface area contributed by atoms with Gasteiger partial charge in [0.2, 0.25) is 0 Å². The summed E-state index contributed by atoms with van der Waals surface area (Å²) in [6.45, 7) is 4.46. The van der Waals surface area contributed by atoms with Crippen molar-refractivity contribution in [2.24, 2.45) is 5.41 Å². The number of aliphatic carboxylic acids is 1. The van der Waals surface area contributed by atoms with Gasteiger partial charge in [-0.2, -0.15) is 0 Å². The molecule has 11 heteroatoms. The second kappa shape index (κ2) is 14.6. The number of nitrogens with zero attached hydrogens (tertiary/aromatic N) is 3. The van der Waals surface area contributed by atoms with E-state index in [1.807, 2.05) is 17.0 Å². The van der Waals surface area contributed by atoms with Crippen molar-refractivity contribution in [3.8, 4) is 17.6 Å². The van der Waals surface area contributed by atoms with Crippen LogP contribution in [0.1, 0.15) is 55.0 Å². The first-order chi connectivity index (χ1) is 21.7. The molecule has 1 aromatic heterocycles. The maximum absolute atomic E-state index is 16.5. The molecule has 45 heavy (non-hydrogen) atoms. The molecule has 3 heterocycles. The molecule has 240 valence electrons. The van der Waals surface area contributed by atoms with Gasteiger partial charge >= 0.3 is 5.97 Å².